The fraction of sp³-hybridized carbons (Fsp3) is 0.250. The molecule has 102 valence electrons. The SMILES string of the molecule is O=C(CC1C=CS(=O)(=O)C1)Nc1ccc(F)cc1Cl. The van der Waals surface area contributed by atoms with Gasteiger partial charge in [-0.2, -0.15) is 0 Å². The molecule has 1 N–H and O–H groups in total. The van der Waals surface area contributed by atoms with Gasteiger partial charge >= 0.3 is 0 Å². The van der Waals surface area contributed by atoms with Gasteiger partial charge in [-0.3, -0.25) is 4.79 Å². The van der Waals surface area contributed by atoms with E-state index in [1.807, 2.05) is 0 Å². The number of halogens is 2. The van der Waals surface area contributed by atoms with Gasteiger partial charge in [0, 0.05) is 17.7 Å². The van der Waals surface area contributed by atoms with Crippen LogP contribution in [0.15, 0.2) is 29.7 Å². The van der Waals surface area contributed by atoms with Gasteiger partial charge in [-0.25, -0.2) is 12.8 Å². The average Bonchev–Trinajstić information content (AvgIpc) is 2.62. The van der Waals surface area contributed by atoms with E-state index in [1.165, 1.54) is 18.2 Å². The molecule has 19 heavy (non-hydrogen) atoms. The summed E-state index contributed by atoms with van der Waals surface area (Å²) in [6, 6.07) is 3.63. The fourth-order valence-electron chi connectivity index (χ4n) is 1.80. The van der Waals surface area contributed by atoms with Crippen molar-refractivity contribution < 1.29 is 17.6 Å². The molecule has 0 aromatic heterocycles. The summed E-state index contributed by atoms with van der Waals surface area (Å²) in [7, 11) is -3.16. The lowest BCUT2D eigenvalue weighted by Gasteiger charge is -2.09. The fourth-order valence-corrected chi connectivity index (χ4v) is 3.41. The van der Waals surface area contributed by atoms with Crippen LogP contribution in [0.1, 0.15) is 6.42 Å². The van der Waals surface area contributed by atoms with E-state index < -0.39 is 15.7 Å². The lowest BCUT2D eigenvalue weighted by atomic mass is 10.1. The van der Waals surface area contributed by atoms with E-state index in [9.17, 15) is 17.6 Å². The largest absolute Gasteiger partial charge is 0.325 e. The van der Waals surface area contributed by atoms with Crippen LogP contribution in [-0.2, 0) is 14.6 Å². The quantitative estimate of drug-likeness (QED) is 0.932. The Bertz CT molecular complexity index is 642. The van der Waals surface area contributed by atoms with Gasteiger partial charge in [0.1, 0.15) is 5.82 Å². The summed E-state index contributed by atoms with van der Waals surface area (Å²) >= 11 is 5.77. The van der Waals surface area contributed by atoms with Crippen molar-refractivity contribution in [2.24, 2.45) is 5.92 Å². The van der Waals surface area contributed by atoms with Crippen LogP contribution in [0, 0.1) is 11.7 Å². The van der Waals surface area contributed by atoms with Crippen LogP contribution in [-0.4, -0.2) is 20.1 Å². The van der Waals surface area contributed by atoms with Gasteiger partial charge < -0.3 is 5.32 Å². The molecule has 1 unspecified atom stereocenters. The molecule has 1 amide bonds. The molecule has 4 nitrogen and oxygen atoms in total. The van der Waals surface area contributed by atoms with Crippen LogP contribution in [0.2, 0.25) is 5.02 Å². The first-order valence-electron chi connectivity index (χ1n) is 5.51. The van der Waals surface area contributed by atoms with E-state index in [-0.39, 0.29) is 29.0 Å². The van der Waals surface area contributed by atoms with Crippen molar-refractivity contribution in [2.75, 3.05) is 11.1 Å². The molecule has 1 aromatic rings. The number of sulfone groups is 1. The highest BCUT2D eigenvalue weighted by atomic mass is 35.5. The molecule has 0 bridgehead atoms. The van der Waals surface area contributed by atoms with Crippen molar-refractivity contribution in [2.45, 2.75) is 6.42 Å². The molecule has 7 heteroatoms. The van der Waals surface area contributed by atoms with Crippen molar-refractivity contribution in [3.63, 3.8) is 0 Å². The van der Waals surface area contributed by atoms with Crippen LogP contribution in [0.5, 0.6) is 0 Å². The lowest BCUT2D eigenvalue weighted by Crippen LogP contribution is -2.17. The third kappa shape index (κ3) is 3.78. The number of allylic oxidation sites excluding steroid dienone is 1. The highest BCUT2D eigenvalue weighted by molar-refractivity contribution is 7.94. The number of nitrogens with one attached hydrogen (secondary N) is 1. The highest BCUT2D eigenvalue weighted by Crippen LogP contribution is 2.24. The van der Waals surface area contributed by atoms with E-state index in [1.54, 1.807) is 0 Å². The first-order chi connectivity index (χ1) is 8.85. The minimum absolute atomic E-state index is 0.0451. The third-order valence-electron chi connectivity index (χ3n) is 2.66. The number of amides is 1. The molecule has 1 atom stereocenters. The smallest absolute Gasteiger partial charge is 0.225 e. The standard InChI is InChI=1S/C12H11ClFNO3S/c13-10-6-9(14)1-2-11(10)15-12(16)5-8-3-4-19(17,18)7-8/h1-4,6,8H,5,7H2,(H,15,16). The van der Waals surface area contributed by atoms with Crippen LogP contribution in [0.25, 0.3) is 0 Å². The molecule has 0 aliphatic carbocycles. The van der Waals surface area contributed by atoms with Crippen LogP contribution in [0.3, 0.4) is 0 Å². The number of carbonyl (C=O) groups excluding carboxylic acids is 1. The van der Waals surface area contributed by atoms with E-state index in [2.05, 4.69) is 5.32 Å². The maximum absolute atomic E-state index is 12.8. The van der Waals surface area contributed by atoms with Gasteiger partial charge in [-0.1, -0.05) is 17.7 Å². The van der Waals surface area contributed by atoms with Crippen molar-refractivity contribution in [1.82, 2.24) is 0 Å². The zero-order valence-electron chi connectivity index (χ0n) is 9.77. The third-order valence-corrected chi connectivity index (χ3v) is 4.43. The normalized spacial score (nSPS) is 20.4. The first-order valence-corrected chi connectivity index (χ1v) is 7.61. The zero-order chi connectivity index (χ0) is 14.0. The molecule has 0 saturated carbocycles. The van der Waals surface area contributed by atoms with Crippen molar-refractivity contribution in [1.29, 1.82) is 0 Å². The predicted octanol–water partition coefficient (Wildman–Crippen LogP) is 2.37. The molecule has 1 aliphatic rings. The number of rotatable bonds is 3. The Morgan fingerprint density at radius 1 is 1.47 bits per heavy atom. The monoisotopic (exact) mass is 303 g/mol. The Labute approximate surface area is 115 Å². The van der Waals surface area contributed by atoms with E-state index in [0.29, 0.717) is 5.69 Å². The highest BCUT2D eigenvalue weighted by Gasteiger charge is 2.24. The first kappa shape index (κ1) is 14.0. The number of anilines is 1. The second-order valence-corrected chi connectivity index (χ2v) is 6.63. The van der Waals surface area contributed by atoms with Crippen molar-refractivity contribution in [3.8, 4) is 0 Å². The molecule has 0 spiro atoms. The number of hydrogen-bond acceptors (Lipinski definition) is 3. The lowest BCUT2D eigenvalue weighted by molar-refractivity contribution is -0.116. The van der Waals surface area contributed by atoms with Crippen LogP contribution < -0.4 is 5.32 Å². The summed E-state index contributed by atoms with van der Waals surface area (Å²) in [5.41, 5.74) is 0.304. The Hall–Kier alpha value is -1.40. The molecule has 2 rings (SSSR count). The van der Waals surface area contributed by atoms with Gasteiger partial charge in [0.25, 0.3) is 0 Å². The van der Waals surface area contributed by atoms with Gasteiger partial charge in [0.2, 0.25) is 5.91 Å². The van der Waals surface area contributed by atoms with Crippen LogP contribution >= 0.6 is 11.6 Å². The topological polar surface area (TPSA) is 63.2 Å². The maximum atomic E-state index is 12.8. The van der Waals surface area contributed by atoms with E-state index in [0.717, 1.165) is 11.5 Å². The Morgan fingerprint density at radius 3 is 2.79 bits per heavy atom. The molecule has 1 aromatic carbocycles. The molecular formula is C12H11ClFNO3S. The minimum Gasteiger partial charge on any atom is -0.325 e. The van der Waals surface area contributed by atoms with Crippen molar-refractivity contribution in [3.05, 3.63) is 40.5 Å². The summed E-state index contributed by atoms with van der Waals surface area (Å²) in [5.74, 6) is -1.24. The average molecular weight is 304 g/mol. The summed E-state index contributed by atoms with van der Waals surface area (Å²) < 4.78 is 35.2. The summed E-state index contributed by atoms with van der Waals surface area (Å²) in [5, 5.41) is 3.75. The summed E-state index contributed by atoms with van der Waals surface area (Å²) in [6.07, 6.45) is 1.55. The van der Waals surface area contributed by atoms with E-state index >= 15 is 0 Å². The molecule has 1 heterocycles. The Morgan fingerprint density at radius 2 is 2.21 bits per heavy atom. The van der Waals surface area contributed by atoms with Gasteiger partial charge in [-0.05, 0) is 18.2 Å². The van der Waals surface area contributed by atoms with Gasteiger partial charge in [0.05, 0.1) is 16.5 Å². The van der Waals surface area contributed by atoms with Gasteiger partial charge in [0.15, 0.2) is 9.84 Å². The summed E-state index contributed by atoms with van der Waals surface area (Å²) in [6.45, 7) is 0. The van der Waals surface area contributed by atoms with Gasteiger partial charge in [-0.15, -0.1) is 0 Å². The molecule has 0 radical (unpaired) electrons. The zero-order valence-corrected chi connectivity index (χ0v) is 11.3. The Balaban J connectivity index is 1.97. The molecule has 1 aliphatic heterocycles. The number of carbonyl (C=O) groups is 1. The molecule has 0 saturated heterocycles. The second-order valence-electron chi connectivity index (χ2n) is 4.29. The predicted molar refractivity (Wildman–Crippen MR) is 71.1 cm³/mol. The maximum Gasteiger partial charge on any atom is 0.225 e. The van der Waals surface area contributed by atoms with Crippen LogP contribution in [0.4, 0.5) is 10.1 Å². The molecular weight excluding hydrogens is 293 g/mol. The second kappa shape index (κ2) is 5.30. The number of hydrogen-bond donors (Lipinski definition) is 1. The summed E-state index contributed by atoms with van der Waals surface area (Å²) in [4.78, 5) is 11.7. The minimum atomic E-state index is -3.16. The number of benzene rings is 1. The Kier molecular flexibility index (Phi) is 3.91. The molecule has 0 fully saturated rings. The van der Waals surface area contributed by atoms with E-state index in [4.69, 9.17) is 11.6 Å². The van der Waals surface area contributed by atoms with Crippen molar-refractivity contribution >= 4 is 33.0 Å².